The summed E-state index contributed by atoms with van der Waals surface area (Å²) in [5.41, 5.74) is 1.30. The summed E-state index contributed by atoms with van der Waals surface area (Å²) in [4.78, 5) is 6.74. The fraction of sp³-hybridized carbons (Fsp3) is 0.733. The second kappa shape index (κ2) is 13.8. The molecule has 4 aliphatic heterocycles. The molecule has 1 aromatic rings. The summed E-state index contributed by atoms with van der Waals surface area (Å²) in [5, 5.41) is 20.6. The smallest absolute Gasteiger partial charge is 0.197 e. The Kier molecular flexibility index (Phi) is 10.4. The van der Waals surface area contributed by atoms with Gasteiger partial charge in [0.05, 0.1) is 52.9 Å². The molecule has 0 unspecified atom stereocenters. The van der Waals surface area contributed by atoms with E-state index in [1.165, 1.54) is 106 Å². The highest BCUT2D eigenvalue weighted by atomic mass is 15.5. The van der Waals surface area contributed by atoms with E-state index in [1.54, 1.807) is 0 Å². The Balaban J connectivity index is 1.23. The first-order valence-corrected chi connectivity index (χ1v) is 15.2. The molecule has 3 N–H and O–H groups in total. The Bertz CT molecular complexity index is 860. The van der Waals surface area contributed by atoms with Crippen LogP contribution in [0.5, 0.6) is 0 Å². The van der Waals surface area contributed by atoms with Crippen LogP contribution in [-0.2, 0) is 6.42 Å². The SMILES string of the molecule is CN(CCCC[N+]1(C)CCCCC1)C(=N)NC(=N)N(CCC[N+]12CCN(CC1)CC2)CCc1ccccc1. The number of rotatable bonds is 12. The van der Waals surface area contributed by atoms with E-state index < -0.39 is 0 Å². The van der Waals surface area contributed by atoms with E-state index in [0.717, 1.165) is 38.9 Å². The molecule has 0 atom stereocenters. The number of nitrogens with zero attached hydrogens (tertiary/aromatic N) is 5. The molecule has 0 spiro atoms. The fourth-order valence-corrected chi connectivity index (χ4v) is 6.65. The lowest BCUT2D eigenvalue weighted by Gasteiger charge is -2.50. The summed E-state index contributed by atoms with van der Waals surface area (Å²) >= 11 is 0. The van der Waals surface area contributed by atoms with Gasteiger partial charge < -0.3 is 18.8 Å². The zero-order valence-electron chi connectivity index (χ0n) is 24.3. The van der Waals surface area contributed by atoms with Gasteiger partial charge in [-0.05, 0) is 44.1 Å². The van der Waals surface area contributed by atoms with Crippen LogP contribution < -0.4 is 5.32 Å². The van der Waals surface area contributed by atoms with Gasteiger partial charge in [-0.2, -0.15) is 0 Å². The average molecular weight is 527 g/mol. The van der Waals surface area contributed by atoms with E-state index >= 15 is 0 Å². The number of benzene rings is 1. The molecule has 5 rings (SSSR count). The quantitative estimate of drug-likeness (QED) is 0.170. The van der Waals surface area contributed by atoms with Crippen LogP contribution in [-0.4, -0.2) is 135 Å². The molecular weight excluding hydrogens is 472 g/mol. The Labute approximate surface area is 231 Å². The number of quaternary nitrogens is 2. The molecular formula is C30H54N8+2. The molecule has 212 valence electrons. The Morgan fingerprint density at radius 3 is 2.18 bits per heavy atom. The number of fused-ring (bicyclic) bond motifs is 3. The van der Waals surface area contributed by atoms with Crippen molar-refractivity contribution in [3.05, 3.63) is 35.9 Å². The number of nitrogens with one attached hydrogen (secondary N) is 3. The summed E-state index contributed by atoms with van der Waals surface area (Å²) in [6.07, 6.45) is 8.44. The highest BCUT2D eigenvalue weighted by Gasteiger charge is 2.37. The van der Waals surface area contributed by atoms with E-state index in [0.29, 0.717) is 11.9 Å². The zero-order valence-corrected chi connectivity index (χ0v) is 24.3. The van der Waals surface area contributed by atoms with Gasteiger partial charge in [-0.3, -0.25) is 21.0 Å². The van der Waals surface area contributed by atoms with Gasteiger partial charge in [0, 0.05) is 52.7 Å². The van der Waals surface area contributed by atoms with Crippen molar-refractivity contribution in [2.75, 3.05) is 99.2 Å². The van der Waals surface area contributed by atoms with Crippen LogP contribution in [0.4, 0.5) is 0 Å². The van der Waals surface area contributed by atoms with Gasteiger partial charge in [0.25, 0.3) is 0 Å². The van der Waals surface area contributed by atoms with Crippen molar-refractivity contribution in [1.29, 1.82) is 10.8 Å². The standard InChI is InChI=1S/C30H54N8/c1-34(15-7-10-23-37(2)21-8-4-9-22-37)29(31)33-30(32)36(17-14-28-12-5-3-6-13-28)16-11-24-38-25-18-35(19-26-38)20-27-38/h3,5-6,12-13H,4,7-11,14-27H2,1-2H3,(H3,31,32,33)/q+2. The number of guanidine groups is 2. The normalized spacial score (nSPS) is 24.1. The van der Waals surface area contributed by atoms with Crippen molar-refractivity contribution >= 4 is 11.9 Å². The van der Waals surface area contributed by atoms with E-state index in [9.17, 15) is 0 Å². The highest BCUT2D eigenvalue weighted by Crippen LogP contribution is 2.20. The van der Waals surface area contributed by atoms with Crippen molar-refractivity contribution in [1.82, 2.24) is 20.0 Å². The highest BCUT2D eigenvalue weighted by molar-refractivity contribution is 5.95. The van der Waals surface area contributed by atoms with E-state index in [-0.39, 0.29) is 0 Å². The molecule has 2 bridgehead atoms. The van der Waals surface area contributed by atoms with Crippen LogP contribution in [0.25, 0.3) is 0 Å². The number of piperazine rings is 3. The Hall–Kier alpha value is -2.16. The van der Waals surface area contributed by atoms with E-state index in [1.807, 2.05) is 11.9 Å². The minimum Gasteiger partial charge on any atom is -0.346 e. The topological polar surface area (TPSA) is 69.5 Å². The van der Waals surface area contributed by atoms with Crippen molar-refractivity contribution in [3.8, 4) is 0 Å². The Morgan fingerprint density at radius 2 is 1.50 bits per heavy atom. The summed E-state index contributed by atoms with van der Waals surface area (Å²) in [7, 11) is 4.40. The van der Waals surface area contributed by atoms with Gasteiger partial charge >= 0.3 is 0 Å². The van der Waals surface area contributed by atoms with E-state index in [2.05, 4.69) is 52.5 Å². The summed E-state index contributed by atoms with van der Waals surface area (Å²) in [6, 6.07) is 10.6. The number of unbranched alkanes of at least 4 members (excludes halogenated alkanes) is 1. The average Bonchev–Trinajstić information content (AvgIpc) is 2.94. The molecule has 0 saturated carbocycles. The fourth-order valence-electron chi connectivity index (χ4n) is 6.65. The molecule has 0 amide bonds. The number of hydrogen-bond donors (Lipinski definition) is 3. The molecule has 0 radical (unpaired) electrons. The summed E-state index contributed by atoms with van der Waals surface area (Å²) in [6.45, 7) is 15.2. The lowest BCUT2D eigenvalue weighted by molar-refractivity contribution is -0.941. The number of likely N-dealkylation sites (tertiary alicyclic amines) is 1. The minimum atomic E-state index is 0.340. The minimum absolute atomic E-state index is 0.340. The van der Waals surface area contributed by atoms with Crippen molar-refractivity contribution in [3.63, 3.8) is 0 Å². The third-order valence-corrected chi connectivity index (χ3v) is 9.52. The summed E-state index contributed by atoms with van der Waals surface area (Å²) in [5.74, 6) is 0.708. The number of piperidine rings is 1. The van der Waals surface area contributed by atoms with Crippen molar-refractivity contribution < 1.29 is 8.97 Å². The van der Waals surface area contributed by atoms with Crippen molar-refractivity contribution in [2.24, 2.45) is 0 Å². The lowest BCUT2D eigenvalue weighted by atomic mass is 10.1. The third kappa shape index (κ3) is 8.42. The van der Waals surface area contributed by atoms with Crippen LogP contribution in [0.15, 0.2) is 30.3 Å². The first kappa shape index (κ1) is 28.8. The molecule has 4 saturated heterocycles. The predicted molar refractivity (Wildman–Crippen MR) is 158 cm³/mol. The van der Waals surface area contributed by atoms with Crippen LogP contribution in [0.1, 0.15) is 44.1 Å². The first-order chi connectivity index (χ1) is 18.4. The summed E-state index contributed by atoms with van der Waals surface area (Å²) < 4.78 is 2.48. The van der Waals surface area contributed by atoms with Gasteiger partial charge in [-0.1, -0.05) is 30.3 Å². The molecule has 0 aliphatic carbocycles. The van der Waals surface area contributed by atoms with Gasteiger partial charge in [0.15, 0.2) is 11.9 Å². The molecule has 4 fully saturated rings. The Morgan fingerprint density at radius 1 is 0.816 bits per heavy atom. The van der Waals surface area contributed by atoms with Gasteiger partial charge in [-0.25, -0.2) is 0 Å². The molecule has 38 heavy (non-hydrogen) atoms. The maximum Gasteiger partial charge on any atom is 0.197 e. The number of hydrogen-bond acceptors (Lipinski definition) is 3. The largest absolute Gasteiger partial charge is 0.346 e. The second-order valence-electron chi connectivity index (χ2n) is 12.5. The van der Waals surface area contributed by atoms with Gasteiger partial charge in [-0.15, -0.1) is 0 Å². The molecule has 4 aliphatic rings. The second-order valence-corrected chi connectivity index (χ2v) is 12.5. The lowest BCUT2D eigenvalue weighted by Crippen LogP contribution is -2.67. The van der Waals surface area contributed by atoms with Crippen LogP contribution in [0, 0.1) is 10.8 Å². The zero-order chi connectivity index (χ0) is 26.8. The van der Waals surface area contributed by atoms with Crippen LogP contribution in [0.2, 0.25) is 0 Å². The maximum atomic E-state index is 8.87. The van der Waals surface area contributed by atoms with E-state index in [4.69, 9.17) is 10.8 Å². The van der Waals surface area contributed by atoms with Gasteiger partial charge in [0.1, 0.15) is 0 Å². The van der Waals surface area contributed by atoms with Crippen molar-refractivity contribution in [2.45, 2.75) is 44.9 Å². The first-order valence-electron chi connectivity index (χ1n) is 15.2. The molecule has 1 aromatic carbocycles. The monoisotopic (exact) mass is 526 g/mol. The van der Waals surface area contributed by atoms with Crippen LogP contribution in [0.3, 0.4) is 0 Å². The predicted octanol–water partition coefficient (Wildman–Crippen LogP) is 2.87. The molecule has 0 aromatic heterocycles. The van der Waals surface area contributed by atoms with Crippen LogP contribution >= 0.6 is 0 Å². The molecule has 4 heterocycles. The maximum absolute atomic E-state index is 8.87. The van der Waals surface area contributed by atoms with Gasteiger partial charge in [0.2, 0.25) is 0 Å². The molecule has 8 nitrogen and oxygen atoms in total. The molecule has 8 heteroatoms. The third-order valence-electron chi connectivity index (χ3n) is 9.52.